The maximum Gasteiger partial charge on any atom is 0.460 e. The van der Waals surface area contributed by atoms with Gasteiger partial charge in [-0.25, -0.2) is 0 Å². The van der Waals surface area contributed by atoms with Gasteiger partial charge in [-0.05, 0) is 12.8 Å². The van der Waals surface area contributed by atoms with E-state index in [-0.39, 0.29) is 19.3 Å². The van der Waals surface area contributed by atoms with Crippen molar-refractivity contribution in [2.75, 3.05) is 6.61 Å². The third-order valence-corrected chi connectivity index (χ3v) is 4.19. The minimum atomic E-state index is -7.95. The van der Waals surface area contributed by atoms with Crippen LogP contribution in [0.4, 0.5) is 57.1 Å². The van der Waals surface area contributed by atoms with Crippen molar-refractivity contribution in [1.82, 2.24) is 0 Å². The van der Waals surface area contributed by atoms with Crippen molar-refractivity contribution in [3.05, 3.63) is 0 Å². The molecule has 1 unspecified atom stereocenters. The lowest BCUT2D eigenvalue weighted by Gasteiger charge is -2.40. The van der Waals surface area contributed by atoms with Crippen LogP contribution in [-0.4, -0.2) is 48.4 Å². The van der Waals surface area contributed by atoms with Crippen molar-refractivity contribution in [2.24, 2.45) is 5.92 Å². The van der Waals surface area contributed by atoms with Crippen LogP contribution in [0.2, 0.25) is 0 Å². The Morgan fingerprint density at radius 3 is 1.55 bits per heavy atom. The van der Waals surface area contributed by atoms with Crippen molar-refractivity contribution in [3.8, 4) is 0 Å². The molecule has 0 fully saturated rings. The molecule has 0 spiro atoms. The Morgan fingerprint density at radius 1 is 0.710 bits per heavy atom. The van der Waals surface area contributed by atoms with E-state index in [1.807, 2.05) is 0 Å². The minimum Gasteiger partial charge on any atom is -0.465 e. The second-order valence-electron chi connectivity index (χ2n) is 6.71. The zero-order chi connectivity index (χ0) is 25.1. The number of hydrogen-bond donors (Lipinski definition) is 0. The lowest BCUT2D eigenvalue weighted by Crippen LogP contribution is -2.70. The third kappa shape index (κ3) is 5.49. The molecule has 0 heterocycles. The molecule has 31 heavy (non-hydrogen) atoms. The third-order valence-electron chi connectivity index (χ3n) is 4.19. The standard InChI is InChI=1S/C16H19F13O2/c1-3-5-6-9(10(30)31-7-4-2)8-11(17,18)12(19,20)13(21,22)14(23,24)15(25,26)16(27,28)29/h9H,3-8H2,1-2H3. The summed E-state index contributed by atoms with van der Waals surface area (Å²) in [6.45, 7) is 2.51. The summed E-state index contributed by atoms with van der Waals surface area (Å²) in [5, 5.41) is 0. The molecule has 0 aromatic rings. The molecule has 0 aromatic heterocycles. The number of hydrogen-bond acceptors (Lipinski definition) is 2. The van der Waals surface area contributed by atoms with Gasteiger partial charge in [-0.2, -0.15) is 57.1 Å². The van der Waals surface area contributed by atoms with E-state index < -0.39 is 67.1 Å². The lowest BCUT2D eigenvalue weighted by atomic mass is 9.87. The molecule has 1 atom stereocenters. The molecular weight excluding hydrogens is 471 g/mol. The fourth-order valence-electron chi connectivity index (χ4n) is 2.31. The topological polar surface area (TPSA) is 26.3 Å². The molecule has 0 saturated heterocycles. The average Bonchev–Trinajstić information content (AvgIpc) is 2.61. The molecule has 186 valence electrons. The molecule has 0 bridgehead atoms. The molecule has 0 saturated carbocycles. The first kappa shape index (κ1) is 29.6. The number of esters is 1. The highest BCUT2D eigenvalue weighted by Crippen LogP contribution is 2.61. The normalized spacial score (nSPS) is 15.7. The number of halogens is 13. The van der Waals surface area contributed by atoms with Gasteiger partial charge >= 0.3 is 41.8 Å². The van der Waals surface area contributed by atoms with Crippen molar-refractivity contribution < 1.29 is 66.6 Å². The van der Waals surface area contributed by atoms with Gasteiger partial charge in [0.05, 0.1) is 12.5 Å². The van der Waals surface area contributed by atoms with Gasteiger partial charge in [0.25, 0.3) is 0 Å². The van der Waals surface area contributed by atoms with E-state index >= 15 is 0 Å². The zero-order valence-corrected chi connectivity index (χ0v) is 16.1. The van der Waals surface area contributed by atoms with E-state index in [0.29, 0.717) is 0 Å². The van der Waals surface area contributed by atoms with Gasteiger partial charge in [0.1, 0.15) is 0 Å². The first-order valence-electron chi connectivity index (χ1n) is 8.78. The minimum absolute atomic E-state index is 0.105. The number of carbonyl (C=O) groups excluding carboxylic acids is 1. The monoisotopic (exact) mass is 490 g/mol. The molecule has 0 rings (SSSR count). The predicted molar refractivity (Wildman–Crippen MR) is 79.7 cm³/mol. The van der Waals surface area contributed by atoms with Gasteiger partial charge in [-0.1, -0.05) is 26.7 Å². The summed E-state index contributed by atoms with van der Waals surface area (Å²) in [4.78, 5) is 11.7. The van der Waals surface area contributed by atoms with Crippen LogP contribution in [0, 0.1) is 5.92 Å². The van der Waals surface area contributed by atoms with E-state index in [4.69, 9.17) is 0 Å². The molecule has 2 nitrogen and oxygen atoms in total. The molecule has 0 amide bonds. The van der Waals surface area contributed by atoms with E-state index in [9.17, 15) is 61.9 Å². The highest BCUT2D eigenvalue weighted by molar-refractivity contribution is 5.72. The highest BCUT2D eigenvalue weighted by Gasteiger charge is 2.90. The SMILES string of the molecule is CCCCC(CC(F)(F)C(F)(F)C(F)(F)C(F)(F)C(F)(F)C(F)(F)F)C(=O)OCCC. The molecular formula is C16H19F13O2. The van der Waals surface area contributed by atoms with Crippen LogP contribution in [0.5, 0.6) is 0 Å². The smallest absolute Gasteiger partial charge is 0.460 e. The predicted octanol–water partition coefficient (Wildman–Crippen LogP) is 6.87. The summed E-state index contributed by atoms with van der Waals surface area (Å²) in [7, 11) is 0. The number of rotatable bonds is 12. The van der Waals surface area contributed by atoms with Crippen LogP contribution in [-0.2, 0) is 9.53 Å². The molecule has 0 aromatic carbocycles. The van der Waals surface area contributed by atoms with Gasteiger partial charge < -0.3 is 4.74 Å². The van der Waals surface area contributed by atoms with Crippen LogP contribution in [0.15, 0.2) is 0 Å². The van der Waals surface area contributed by atoms with Crippen molar-refractivity contribution in [3.63, 3.8) is 0 Å². The van der Waals surface area contributed by atoms with E-state index in [1.54, 1.807) is 0 Å². The Morgan fingerprint density at radius 2 is 1.16 bits per heavy atom. The van der Waals surface area contributed by atoms with E-state index in [1.165, 1.54) is 13.8 Å². The second kappa shape index (κ2) is 9.59. The Labute approximate surface area is 168 Å². The van der Waals surface area contributed by atoms with Crippen molar-refractivity contribution >= 4 is 5.97 Å². The van der Waals surface area contributed by atoms with Gasteiger partial charge in [0.2, 0.25) is 0 Å². The van der Waals surface area contributed by atoms with Gasteiger partial charge in [-0.3, -0.25) is 4.79 Å². The Hall–Kier alpha value is -1.44. The highest BCUT2D eigenvalue weighted by atomic mass is 19.4. The van der Waals surface area contributed by atoms with Crippen molar-refractivity contribution in [2.45, 2.75) is 81.7 Å². The van der Waals surface area contributed by atoms with Crippen molar-refractivity contribution in [1.29, 1.82) is 0 Å². The van der Waals surface area contributed by atoms with Crippen LogP contribution in [0.1, 0.15) is 46.0 Å². The molecule has 0 aliphatic carbocycles. The summed E-state index contributed by atoms with van der Waals surface area (Å²) in [6.07, 6.45) is -10.4. The number of unbranched alkanes of at least 4 members (excludes halogenated alkanes) is 1. The number of carbonyl (C=O) groups is 1. The maximum absolute atomic E-state index is 14.0. The largest absolute Gasteiger partial charge is 0.465 e. The molecule has 0 radical (unpaired) electrons. The average molecular weight is 490 g/mol. The summed E-state index contributed by atoms with van der Waals surface area (Å²) in [5.41, 5.74) is 0. The fraction of sp³-hybridized carbons (Fsp3) is 0.938. The summed E-state index contributed by atoms with van der Waals surface area (Å²) in [5.74, 6) is -41.1. The lowest BCUT2D eigenvalue weighted by molar-refractivity contribution is -0.440. The van der Waals surface area contributed by atoms with Gasteiger partial charge in [0.15, 0.2) is 0 Å². The van der Waals surface area contributed by atoms with Crippen LogP contribution >= 0.6 is 0 Å². The Balaban J connectivity index is 6.14. The van der Waals surface area contributed by atoms with Crippen LogP contribution in [0.25, 0.3) is 0 Å². The molecule has 15 heteroatoms. The second-order valence-corrected chi connectivity index (χ2v) is 6.71. The number of alkyl halides is 13. The van der Waals surface area contributed by atoms with E-state index in [2.05, 4.69) is 4.74 Å². The van der Waals surface area contributed by atoms with Gasteiger partial charge in [-0.15, -0.1) is 0 Å². The number of ether oxygens (including phenoxy) is 1. The summed E-state index contributed by atoms with van der Waals surface area (Å²) >= 11 is 0. The zero-order valence-electron chi connectivity index (χ0n) is 16.1. The first-order valence-corrected chi connectivity index (χ1v) is 8.78. The molecule has 0 N–H and O–H groups in total. The molecule has 0 aliphatic rings. The summed E-state index contributed by atoms with van der Waals surface area (Å²) < 4.78 is 175. The first-order chi connectivity index (χ1) is 13.7. The molecule has 0 aliphatic heterocycles. The van der Waals surface area contributed by atoms with Gasteiger partial charge in [0, 0.05) is 6.42 Å². The quantitative estimate of drug-likeness (QED) is 0.220. The van der Waals surface area contributed by atoms with E-state index in [0.717, 1.165) is 0 Å². The Kier molecular flexibility index (Phi) is 9.14. The summed E-state index contributed by atoms with van der Waals surface area (Å²) in [6, 6.07) is 0. The maximum atomic E-state index is 14.0. The Bertz CT molecular complexity index is 599. The fourth-order valence-corrected chi connectivity index (χ4v) is 2.31. The van der Waals surface area contributed by atoms with Crippen LogP contribution in [0.3, 0.4) is 0 Å². The van der Waals surface area contributed by atoms with Crippen LogP contribution < -0.4 is 0 Å².